The molecule has 1 N–H and O–H groups in total. The van der Waals surface area contributed by atoms with Crippen molar-refractivity contribution in [3.63, 3.8) is 0 Å². The Hall–Kier alpha value is -1.82. The van der Waals surface area contributed by atoms with Crippen LogP contribution in [0, 0.1) is 23.2 Å². The number of hydrogen-bond acceptors (Lipinski definition) is 2. The molecule has 3 heteroatoms. The topological polar surface area (TPSA) is 54.4 Å². The van der Waals surface area contributed by atoms with E-state index in [1.807, 2.05) is 20.8 Å². The number of ketones is 1. The van der Waals surface area contributed by atoms with E-state index in [-0.39, 0.29) is 17.1 Å². The van der Waals surface area contributed by atoms with Gasteiger partial charge in [-0.05, 0) is 25.3 Å². The van der Waals surface area contributed by atoms with Crippen molar-refractivity contribution in [1.29, 1.82) is 0 Å². The molecule has 96 valence electrons. The molecule has 0 aromatic carbocycles. The third-order valence-corrected chi connectivity index (χ3v) is 3.01. The largest absolute Gasteiger partial charge is 0.478 e. The fourth-order valence-corrected chi connectivity index (χ4v) is 2.27. The lowest BCUT2D eigenvalue weighted by Gasteiger charge is -2.34. The van der Waals surface area contributed by atoms with E-state index in [9.17, 15) is 9.59 Å². The maximum Gasteiger partial charge on any atom is 0.329 e. The van der Waals surface area contributed by atoms with Crippen LogP contribution in [0.5, 0.6) is 0 Å². The molecule has 0 heterocycles. The Morgan fingerprint density at radius 2 is 2.17 bits per heavy atom. The molecule has 18 heavy (non-hydrogen) atoms. The second-order valence-electron chi connectivity index (χ2n) is 5.39. The van der Waals surface area contributed by atoms with E-state index in [1.165, 1.54) is 0 Å². The van der Waals surface area contributed by atoms with E-state index in [4.69, 9.17) is 5.11 Å². The summed E-state index contributed by atoms with van der Waals surface area (Å²) >= 11 is 0. The van der Waals surface area contributed by atoms with Gasteiger partial charge >= 0.3 is 5.97 Å². The van der Waals surface area contributed by atoms with Gasteiger partial charge in [0.25, 0.3) is 0 Å². The summed E-state index contributed by atoms with van der Waals surface area (Å²) in [5, 5.41) is 8.61. The van der Waals surface area contributed by atoms with Crippen LogP contribution in [0.3, 0.4) is 0 Å². The molecule has 1 atom stereocenters. The average molecular weight is 246 g/mol. The van der Waals surface area contributed by atoms with Gasteiger partial charge < -0.3 is 5.11 Å². The summed E-state index contributed by atoms with van der Waals surface area (Å²) in [6.45, 7) is 7.59. The standard InChI is InChI=1S/C15H18O3/c1-10(7-14(17)18)5-6-13-11(2)8-12(16)9-15(13,3)4/h7-8,13H,9H2,1-4H3,(H,17,18)/b10-7+. The van der Waals surface area contributed by atoms with Gasteiger partial charge in [0.05, 0.1) is 0 Å². The summed E-state index contributed by atoms with van der Waals surface area (Å²) in [6, 6.07) is 0. The van der Waals surface area contributed by atoms with Crippen molar-refractivity contribution >= 4 is 11.8 Å². The molecule has 0 amide bonds. The second kappa shape index (κ2) is 5.22. The van der Waals surface area contributed by atoms with Crippen LogP contribution in [0.1, 0.15) is 34.1 Å². The second-order valence-corrected chi connectivity index (χ2v) is 5.39. The lowest BCUT2D eigenvalue weighted by Crippen LogP contribution is -2.30. The summed E-state index contributed by atoms with van der Waals surface area (Å²) in [5.74, 6) is 5.08. The van der Waals surface area contributed by atoms with Crippen LogP contribution in [0.4, 0.5) is 0 Å². The molecule has 1 unspecified atom stereocenters. The van der Waals surface area contributed by atoms with E-state index < -0.39 is 5.97 Å². The molecule has 0 aromatic heterocycles. The van der Waals surface area contributed by atoms with Gasteiger partial charge in [0.15, 0.2) is 5.78 Å². The molecule has 1 rings (SSSR count). The van der Waals surface area contributed by atoms with Gasteiger partial charge in [-0.1, -0.05) is 31.3 Å². The monoisotopic (exact) mass is 246 g/mol. The van der Waals surface area contributed by atoms with Gasteiger partial charge in [0.1, 0.15) is 0 Å². The molecule has 0 fully saturated rings. The third-order valence-electron chi connectivity index (χ3n) is 3.01. The van der Waals surface area contributed by atoms with E-state index in [2.05, 4.69) is 11.8 Å². The van der Waals surface area contributed by atoms with Crippen LogP contribution in [0.2, 0.25) is 0 Å². The number of carboxylic acid groups (broad SMARTS) is 1. The molecule has 1 aliphatic rings. The van der Waals surface area contributed by atoms with Crippen molar-refractivity contribution in [2.45, 2.75) is 34.1 Å². The quantitative estimate of drug-likeness (QED) is 0.571. The van der Waals surface area contributed by atoms with Crippen molar-refractivity contribution in [3.8, 4) is 11.8 Å². The third kappa shape index (κ3) is 3.59. The Labute approximate surface area is 108 Å². The Bertz CT molecular complexity index is 496. The van der Waals surface area contributed by atoms with Crippen molar-refractivity contribution in [2.75, 3.05) is 0 Å². The summed E-state index contributed by atoms with van der Waals surface area (Å²) in [4.78, 5) is 22.0. The maximum absolute atomic E-state index is 11.5. The minimum atomic E-state index is -0.993. The van der Waals surface area contributed by atoms with Crippen LogP contribution in [-0.4, -0.2) is 16.9 Å². The minimum Gasteiger partial charge on any atom is -0.478 e. The zero-order valence-electron chi connectivity index (χ0n) is 11.2. The summed E-state index contributed by atoms with van der Waals surface area (Å²) in [7, 11) is 0. The zero-order chi connectivity index (χ0) is 13.9. The predicted octanol–water partition coefficient (Wildman–Crippen LogP) is 2.58. The Balaban J connectivity index is 3.03. The Kier molecular flexibility index (Phi) is 4.13. The number of carbonyl (C=O) groups is 2. The summed E-state index contributed by atoms with van der Waals surface area (Å²) in [5.41, 5.74) is 1.27. The van der Waals surface area contributed by atoms with Crippen molar-refractivity contribution in [3.05, 3.63) is 23.3 Å². The first kappa shape index (κ1) is 14.2. The fourth-order valence-electron chi connectivity index (χ4n) is 2.27. The van der Waals surface area contributed by atoms with Crippen LogP contribution in [-0.2, 0) is 9.59 Å². The van der Waals surface area contributed by atoms with E-state index in [0.717, 1.165) is 11.6 Å². The van der Waals surface area contributed by atoms with E-state index in [1.54, 1.807) is 13.0 Å². The number of carbonyl (C=O) groups excluding carboxylic acids is 1. The lowest BCUT2D eigenvalue weighted by atomic mass is 9.68. The first-order chi connectivity index (χ1) is 8.22. The molecule has 0 saturated heterocycles. The van der Waals surface area contributed by atoms with Gasteiger partial charge in [-0.3, -0.25) is 4.79 Å². The normalized spacial score (nSPS) is 22.9. The van der Waals surface area contributed by atoms with E-state index >= 15 is 0 Å². The smallest absolute Gasteiger partial charge is 0.329 e. The van der Waals surface area contributed by atoms with Crippen LogP contribution >= 0.6 is 0 Å². The van der Waals surface area contributed by atoms with Crippen molar-refractivity contribution < 1.29 is 14.7 Å². The number of hydrogen-bond donors (Lipinski definition) is 1. The molecule has 0 spiro atoms. The van der Waals surface area contributed by atoms with Gasteiger partial charge in [-0.15, -0.1) is 0 Å². The average Bonchev–Trinajstić information content (AvgIpc) is 2.12. The molecular formula is C15H18O3. The molecule has 3 nitrogen and oxygen atoms in total. The number of rotatable bonds is 1. The number of aliphatic carboxylic acids is 1. The Morgan fingerprint density at radius 1 is 1.56 bits per heavy atom. The molecular weight excluding hydrogens is 228 g/mol. The molecule has 0 radical (unpaired) electrons. The maximum atomic E-state index is 11.5. The van der Waals surface area contributed by atoms with Crippen LogP contribution in [0.15, 0.2) is 23.3 Å². The highest BCUT2D eigenvalue weighted by atomic mass is 16.4. The van der Waals surface area contributed by atoms with E-state index in [0.29, 0.717) is 12.0 Å². The summed E-state index contributed by atoms with van der Waals surface area (Å²) < 4.78 is 0. The van der Waals surface area contributed by atoms with Crippen LogP contribution in [0.25, 0.3) is 0 Å². The molecule has 1 aliphatic carbocycles. The highest BCUT2D eigenvalue weighted by Crippen LogP contribution is 2.39. The van der Waals surface area contributed by atoms with Crippen molar-refractivity contribution in [2.24, 2.45) is 11.3 Å². The lowest BCUT2D eigenvalue weighted by molar-refractivity contribution is -0.131. The Morgan fingerprint density at radius 3 is 2.67 bits per heavy atom. The summed E-state index contributed by atoms with van der Waals surface area (Å²) in [6.07, 6.45) is 3.21. The van der Waals surface area contributed by atoms with Gasteiger partial charge in [0, 0.05) is 24.0 Å². The molecule has 0 aliphatic heterocycles. The van der Waals surface area contributed by atoms with Crippen LogP contribution < -0.4 is 0 Å². The predicted molar refractivity (Wildman–Crippen MR) is 69.8 cm³/mol. The van der Waals surface area contributed by atoms with Gasteiger partial charge in [-0.25, -0.2) is 4.79 Å². The minimum absolute atomic E-state index is 0.00709. The SMILES string of the molecule is CC1=CC(=O)CC(C)(C)C1C#C/C(C)=C/C(=O)O. The number of carboxylic acids is 1. The highest BCUT2D eigenvalue weighted by molar-refractivity contribution is 5.92. The number of allylic oxidation sites excluding steroid dienone is 3. The first-order valence-electron chi connectivity index (χ1n) is 5.86. The molecule has 0 bridgehead atoms. The molecule has 0 aromatic rings. The van der Waals surface area contributed by atoms with Crippen molar-refractivity contribution in [1.82, 2.24) is 0 Å². The molecule has 0 saturated carbocycles. The van der Waals surface area contributed by atoms with Gasteiger partial charge in [-0.2, -0.15) is 0 Å². The zero-order valence-corrected chi connectivity index (χ0v) is 11.2. The fraction of sp³-hybridized carbons (Fsp3) is 0.467. The first-order valence-corrected chi connectivity index (χ1v) is 5.86. The van der Waals surface area contributed by atoms with Gasteiger partial charge in [0.2, 0.25) is 0 Å². The highest BCUT2D eigenvalue weighted by Gasteiger charge is 2.34.